The highest BCUT2D eigenvalue weighted by molar-refractivity contribution is 5.84. The molecular formula is C15H24N6. The second-order valence-electron chi connectivity index (χ2n) is 6.18. The van der Waals surface area contributed by atoms with Crippen molar-refractivity contribution in [3.8, 4) is 0 Å². The molecule has 0 atom stereocenters. The monoisotopic (exact) mass is 288 g/mol. The SMILES string of the molecule is CCCNc1nc(N(CC(C)C)C2CC2)c2[nH]cnc2n1. The van der Waals surface area contributed by atoms with Crippen molar-refractivity contribution >= 4 is 22.9 Å². The number of anilines is 2. The molecule has 1 aliphatic rings. The van der Waals surface area contributed by atoms with Gasteiger partial charge >= 0.3 is 0 Å². The summed E-state index contributed by atoms with van der Waals surface area (Å²) in [7, 11) is 0. The summed E-state index contributed by atoms with van der Waals surface area (Å²) in [6.45, 7) is 8.52. The zero-order chi connectivity index (χ0) is 14.8. The molecule has 0 amide bonds. The van der Waals surface area contributed by atoms with Gasteiger partial charge in [-0.2, -0.15) is 9.97 Å². The van der Waals surface area contributed by atoms with Crippen molar-refractivity contribution < 1.29 is 0 Å². The van der Waals surface area contributed by atoms with E-state index in [1.807, 2.05) is 0 Å². The highest BCUT2D eigenvalue weighted by atomic mass is 15.3. The molecule has 3 rings (SSSR count). The third-order valence-electron chi connectivity index (χ3n) is 3.62. The van der Waals surface area contributed by atoms with E-state index < -0.39 is 0 Å². The van der Waals surface area contributed by atoms with E-state index in [-0.39, 0.29) is 0 Å². The van der Waals surface area contributed by atoms with Gasteiger partial charge in [-0.05, 0) is 25.2 Å². The van der Waals surface area contributed by atoms with Crippen molar-refractivity contribution in [2.75, 3.05) is 23.3 Å². The maximum Gasteiger partial charge on any atom is 0.226 e. The van der Waals surface area contributed by atoms with Crippen molar-refractivity contribution in [3.05, 3.63) is 6.33 Å². The van der Waals surface area contributed by atoms with E-state index in [0.717, 1.165) is 36.5 Å². The minimum atomic E-state index is 0.602. The van der Waals surface area contributed by atoms with Crippen molar-refractivity contribution in [1.29, 1.82) is 0 Å². The Hall–Kier alpha value is -1.85. The maximum atomic E-state index is 4.76. The molecule has 0 aromatic carbocycles. The number of nitrogens with one attached hydrogen (secondary N) is 2. The molecule has 0 unspecified atom stereocenters. The summed E-state index contributed by atoms with van der Waals surface area (Å²) in [6, 6.07) is 0.618. The predicted octanol–water partition coefficient (Wildman–Crippen LogP) is 2.80. The van der Waals surface area contributed by atoms with Crippen LogP contribution in [-0.4, -0.2) is 39.1 Å². The zero-order valence-corrected chi connectivity index (χ0v) is 13.1. The molecule has 0 aliphatic heterocycles. The van der Waals surface area contributed by atoms with Crippen LogP contribution in [0.3, 0.4) is 0 Å². The van der Waals surface area contributed by atoms with E-state index >= 15 is 0 Å². The molecule has 2 N–H and O–H groups in total. The van der Waals surface area contributed by atoms with Gasteiger partial charge in [-0.25, -0.2) is 4.98 Å². The number of H-pyrrole nitrogens is 1. The van der Waals surface area contributed by atoms with Gasteiger partial charge in [-0.15, -0.1) is 0 Å². The van der Waals surface area contributed by atoms with Crippen LogP contribution in [0.4, 0.5) is 11.8 Å². The summed E-state index contributed by atoms with van der Waals surface area (Å²) in [5.74, 6) is 2.28. The van der Waals surface area contributed by atoms with Crippen molar-refractivity contribution in [2.45, 2.75) is 46.1 Å². The normalized spacial score (nSPS) is 14.9. The van der Waals surface area contributed by atoms with Gasteiger partial charge in [0, 0.05) is 19.1 Å². The molecule has 21 heavy (non-hydrogen) atoms. The fourth-order valence-electron chi connectivity index (χ4n) is 2.53. The fourth-order valence-corrected chi connectivity index (χ4v) is 2.53. The van der Waals surface area contributed by atoms with E-state index in [0.29, 0.717) is 17.9 Å². The van der Waals surface area contributed by atoms with Crippen LogP contribution in [0.2, 0.25) is 0 Å². The van der Waals surface area contributed by atoms with Crippen LogP contribution in [-0.2, 0) is 0 Å². The first kappa shape index (κ1) is 14.1. The Bertz CT molecular complexity index is 601. The second kappa shape index (κ2) is 5.87. The largest absolute Gasteiger partial charge is 0.354 e. The molecule has 2 aromatic rings. The van der Waals surface area contributed by atoms with Crippen molar-refractivity contribution in [3.63, 3.8) is 0 Å². The molecule has 1 saturated carbocycles. The highest BCUT2D eigenvalue weighted by Gasteiger charge is 2.32. The van der Waals surface area contributed by atoms with Crippen molar-refractivity contribution in [1.82, 2.24) is 19.9 Å². The summed E-state index contributed by atoms with van der Waals surface area (Å²) >= 11 is 0. The summed E-state index contributed by atoms with van der Waals surface area (Å²) in [5, 5.41) is 3.28. The molecule has 6 heteroatoms. The predicted molar refractivity (Wildman–Crippen MR) is 85.7 cm³/mol. The first-order valence-electron chi connectivity index (χ1n) is 7.90. The van der Waals surface area contributed by atoms with E-state index in [1.165, 1.54) is 12.8 Å². The topological polar surface area (TPSA) is 69.7 Å². The van der Waals surface area contributed by atoms with Gasteiger partial charge in [0.2, 0.25) is 5.95 Å². The average molecular weight is 288 g/mol. The Labute approximate surface area is 125 Å². The van der Waals surface area contributed by atoms with Crippen molar-refractivity contribution in [2.24, 2.45) is 5.92 Å². The lowest BCUT2D eigenvalue weighted by atomic mass is 10.2. The number of aromatic amines is 1. The van der Waals surface area contributed by atoms with Gasteiger partial charge in [-0.3, -0.25) is 0 Å². The molecule has 0 bridgehead atoms. The molecule has 0 spiro atoms. The molecule has 2 aromatic heterocycles. The van der Waals surface area contributed by atoms with Crippen LogP contribution >= 0.6 is 0 Å². The minimum absolute atomic E-state index is 0.602. The molecule has 1 aliphatic carbocycles. The van der Waals surface area contributed by atoms with Gasteiger partial charge in [0.1, 0.15) is 5.52 Å². The zero-order valence-electron chi connectivity index (χ0n) is 13.1. The summed E-state index contributed by atoms with van der Waals surface area (Å²) in [4.78, 5) is 19.2. The molecule has 2 heterocycles. The number of hydrogen-bond acceptors (Lipinski definition) is 5. The standard InChI is InChI=1S/C15H24N6/c1-4-7-16-15-19-13-12(17-9-18-13)14(20-15)21(8-10(2)3)11-5-6-11/h9-11H,4-8H2,1-3H3,(H2,16,17,18,19,20). The van der Waals surface area contributed by atoms with Gasteiger partial charge in [-0.1, -0.05) is 20.8 Å². The summed E-state index contributed by atoms with van der Waals surface area (Å²) in [6.07, 6.45) is 5.26. The van der Waals surface area contributed by atoms with Crippen LogP contribution in [0.5, 0.6) is 0 Å². The van der Waals surface area contributed by atoms with E-state index in [9.17, 15) is 0 Å². The molecule has 0 radical (unpaired) electrons. The van der Waals surface area contributed by atoms with Gasteiger partial charge < -0.3 is 15.2 Å². The van der Waals surface area contributed by atoms with Crippen LogP contribution in [0, 0.1) is 5.92 Å². The molecular weight excluding hydrogens is 264 g/mol. The van der Waals surface area contributed by atoms with Gasteiger partial charge in [0.15, 0.2) is 11.5 Å². The Kier molecular flexibility index (Phi) is 3.94. The summed E-state index contributed by atoms with van der Waals surface area (Å²) < 4.78 is 0. The Morgan fingerprint density at radius 2 is 2.19 bits per heavy atom. The van der Waals surface area contributed by atoms with Crippen LogP contribution < -0.4 is 10.2 Å². The third-order valence-corrected chi connectivity index (χ3v) is 3.62. The lowest BCUT2D eigenvalue weighted by Crippen LogP contribution is -2.31. The van der Waals surface area contributed by atoms with Gasteiger partial charge in [0.05, 0.1) is 6.33 Å². The summed E-state index contributed by atoms with van der Waals surface area (Å²) in [5.41, 5.74) is 1.69. The van der Waals surface area contributed by atoms with E-state index in [2.05, 4.69) is 45.9 Å². The number of imidazole rings is 1. The highest BCUT2D eigenvalue weighted by Crippen LogP contribution is 2.34. The first-order chi connectivity index (χ1) is 10.2. The number of rotatable bonds is 7. The minimum Gasteiger partial charge on any atom is -0.354 e. The van der Waals surface area contributed by atoms with E-state index in [1.54, 1.807) is 6.33 Å². The molecule has 114 valence electrons. The lowest BCUT2D eigenvalue weighted by molar-refractivity contribution is 0.604. The average Bonchev–Trinajstić information content (AvgIpc) is 3.19. The Morgan fingerprint density at radius 3 is 2.86 bits per heavy atom. The number of nitrogens with zero attached hydrogens (tertiary/aromatic N) is 4. The second-order valence-corrected chi connectivity index (χ2v) is 6.18. The first-order valence-corrected chi connectivity index (χ1v) is 7.90. The lowest BCUT2D eigenvalue weighted by Gasteiger charge is -2.26. The van der Waals surface area contributed by atoms with Crippen LogP contribution in [0.15, 0.2) is 6.33 Å². The Morgan fingerprint density at radius 1 is 1.38 bits per heavy atom. The number of hydrogen-bond donors (Lipinski definition) is 2. The van der Waals surface area contributed by atoms with Crippen LogP contribution in [0.1, 0.15) is 40.0 Å². The number of fused-ring (bicyclic) bond motifs is 1. The number of aromatic nitrogens is 4. The van der Waals surface area contributed by atoms with Crippen LogP contribution in [0.25, 0.3) is 11.2 Å². The molecule has 1 fully saturated rings. The smallest absolute Gasteiger partial charge is 0.226 e. The maximum absolute atomic E-state index is 4.76. The van der Waals surface area contributed by atoms with Gasteiger partial charge in [0.25, 0.3) is 0 Å². The molecule has 0 saturated heterocycles. The quantitative estimate of drug-likeness (QED) is 0.820. The third kappa shape index (κ3) is 3.09. The molecule has 6 nitrogen and oxygen atoms in total. The van der Waals surface area contributed by atoms with E-state index in [4.69, 9.17) is 4.98 Å². The fraction of sp³-hybridized carbons (Fsp3) is 0.667. The Balaban J connectivity index is 1.99.